The van der Waals surface area contributed by atoms with E-state index in [-0.39, 0.29) is 0 Å². The van der Waals surface area contributed by atoms with Crippen LogP contribution in [0.1, 0.15) is 0 Å². The first kappa shape index (κ1) is 32.7. The molecule has 11 aromatic rings. The molecule has 4 nitrogen and oxygen atoms in total. The highest BCUT2D eigenvalue weighted by molar-refractivity contribution is 6.16. The van der Waals surface area contributed by atoms with Gasteiger partial charge in [0.05, 0.1) is 0 Å². The van der Waals surface area contributed by atoms with Crippen molar-refractivity contribution in [2.45, 2.75) is 0 Å². The van der Waals surface area contributed by atoms with E-state index in [9.17, 15) is 0 Å². The van der Waals surface area contributed by atoms with E-state index in [0.29, 0.717) is 17.5 Å². The summed E-state index contributed by atoms with van der Waals surface area (Å²) in [6.45, 7) is 0. The molecule has 0 saturated carbocycles. The van der Waals surface area contributed by atoms with E-state index in [1.165, 1.54) is 16.2 Å². The average Bonchev–Trinajstić information content (AvgIpc) is 3.68. The second-order valence-corrected chi connectivity index (χ2v) is 14.4. The topological polar surface area (TPSA) is 51.8 Å². The molecule has 0 unspecified atom stereocenters. The Balaban J connectivity index is 1.09. The van der Waals surface area contributed by atoms with Crippen molar-refractivity contribution in [1.82, 2.24) is 15.0 Å². The highest BCUT2D eigenvalue weighted by Gasteiger charge is 2.20. The second-order valence-electron chi connectivity index (χ2n) is 14.4. The maximum Gasteiger partial charge on any atom is 0.164 e. The smallest absolute Gasteiger partial charge is 0.164 e. The average molecular weight is 728 g/mol. The molecule has 0 spiro atoms. The van der Waals surface area contributed by atoms with Crippen LogP contribution in [0.3, 0.4) is 0 Å². The predicted octanol–water partition coefficient (Wildman–Crippen LogP) is 14.1. The number of para-hydroxylation sites is 1. The van der Waals surface area contributed by atoms with Gasteiger partial charge < -0.3 is 4.42 Å². The molecule has 2 heterocycles. The molecule has 4 heteroatoms. The molecule has 0 bridgehead atoms. The summed E-state index contributed by atoms with van der Waals surface area (Å²) >= 11 is 0. The molecule has 0 fully saturated rings. The van der Waals surface area contributed by atoms with Crippen molar-refractivity contribution in [1.29, 1.82) is 0 Å². The van der Waals surface area contributed by atoms with Crippen molar-refractivity contribution in [2.24, 2.45) is 0 Å². The van der Waals surface area contributed by atoms with Crippen LogP contribution >= 0.6 is 0 Å². The minimum Gasteiger partial charge on any atom is -0.455 e. The standard InChI is InChI=1S/C53H33N3O/c1-2-12-34(13-3-1)37-24-28-38(29-25-37)51-54-52(42-31-27-36-15-5-7-17-40(36)33-42)56-53(55-51)46-19-9-8-18-44(46)45-21-11-23-48-49(45)47-22-10-20-43(50(47)57-48)41-30-26-35-14-4-6-16-39(35)32-41/h1-33H. The lowest BCUT2D eigenvalue weighted by Gasteiger charge is -2.13. The predicted molar refractivity (Wildman–Crippen MR) is 235 cm³/mol. The minimum atomic E-state index is 0.604. The summed E-state index contributed by atoms with van der Waals surface area (Å²) in [5.74, 6) is 1.84. The van der Waals surface area contributed by atoms with Gasteiger partial charge in [0, 0.05) is 33.0 Å². The molecule has 266 valence electrons. The van der Waals surface area contributed by atoms with Crippen LogP contribution in [0.5, 0.6) is 0 Å². The summed E-state index contributed by atoms with van der Waals surface area (Å²) in [6, 6.07) is 69.8. The fraction of sp³-hybridized carbons (Fsp3) is 0. The summed E-state index contributed by atoms with van der Waals surface area (Å²) in [5, 5.41) is 6.83. The molecule has 9 aromatic carbocycles. The fourth-order valence-corrected chi connectivity index (χ4v) is 8.09. The number of aromatic nitrogens is 3. The van der Waals surface area contributed by atoms with Crippen molar-refractivity contribution < 1.29 is 4.42 Å². The van der Waals surface area contributed by atoms with Crippen LogP contribution in [0, 0.1) is 0 Å². The number of hydrogen-bond donors (Lipinski definition) is 0. The zero-order valence-electron chi connectivity index (χ0n) is 30.8. The SMILES string of the molecule is c1ccc(-c2ccc(-c3nc(-c4ccc5ccccc5c4)nc(-c4ccccc4-c4cccc5oc6c(-c7ccc8ccccc8c7)cccc6c45)n3)cc2)cc1. The van der Waals surface area contributed by atoms with E-state index >= 15 is 0 Å². The van der Waals surface area contributed by atoms with E-state index < -0.39 is 0 Å². The normalized spacial score (nSPS) is 11.5. The lowest BCUT2D eigenvalue weighted by molar-refractivity contribution is 0.670. The number of furan rings is 1. The van der Waals surface area contributed by atoms with Crippen LogP contribution in [0.4, 0.5) is 0 Å². The third kappa shape index (κ3) is 5.83. The summed E-state index contributed by atoms with van der Waals surface area (Å²) in [4.78, 5) is 15.5. The molecule has 0 amide bonds. The van der Waals surface area contributed by atoms with Gasteiger partial charge in [-0.25, -0.2) is 15.0 Å². The van der Waals surface area contributed by atoms with Crippen molar-refractivity contribution in [3.05, 3.63) is 200 Å². The molecule has 0 aliphatic carbocycles. The number of nitrogens with zero attached hydrogens (tertiary/aromatic N) is 3. The summed E-state index contributed by atoms with van der Waals surface area (Å²) in [7, 11) is 0. The number of benzene rings is 9. The summed E-state index contributed by atoms with van der Waals surface area (Å²) < 4.78 is 6.75. The molecule has 0 saturated heterocycles. The largest absolute Gasteiger partial charge is 0.455 e. The monoisotopic (exact) mass is 727 g/mol. The maximum atomic E-state index is 6.75. The Labute approximate surface area is 329 Å². The van der Waals surface area contributed by atoms with Crippen molar-refractivity contribution in [2.75, 3.05) is 0 Å². The van der Waals surface area contributed by atoms with Gasteiger partial charge in [-0.3, -0.25) is 0 Å². The highest BCUT2D eigenvalue weighted by atomic mass is 16.3. The van der Waals surface area contributed by atoms with Crippen molar-refractivity contribution >= 4 is 43.5 Å². The Bertz CT molecular complexity index is 3290. The molecular formula is C53H33N3O. The molecule has 0 atom stereocenters. The Morgan fingerprint density at radius 2 is 0.807 bits per heavy atom. The Kier molecular flexibility index (Phi) is 7.78. The third-order valence-electron chi connectivity index (χ3n) is 10.9. The van der Waals surface area contributed by atoms with Gasteiger partial charge in [0.2, 0.25) is 0 Å². The van der Waals surface area contributed by atoms with Gasteiger partial charge >= 0.3 is 0 Å². The molecule has 0 radical (unpaired) electrons. The molecular weight excluding hydrogens is 695 g/mol. The van der Waals surface area contributed by atoms with Crippen molar-refractivity contribution in [3.63, 3.8) is 0 Å². The minimum absolute atomic E-state index is 0.604. The summed E-state index contributed by atoms with van der Waals surface area (Å²) in [6.07, 6.45) is 0. The van der Waals surface area contributed by atoms with Crippen molar-refractivity contribution in [3.8, 4) is 67.5 Å². The van der Waals surface area contributed by atoms with Gasteiger partial charge in [-0.1, -0.05) is 182 Å². The number of hydrogen-bond acceptors (Lipinski definition) is 4. The van der Waals surface area contributed by atoms with E-state index in [2.05, 4.69) is 194 Å². The molecule has 57 heavy (non-hydrogen) atoms. The second kappa shape index (κ2) is 13.6. The first-order valence-corrected chi connectivity index (χ1v) is 19.2. The van der Waals surface area contributed by atoms with E-state index in [1.54, 1.807) is 0 Å². The lowest BCUT2D eigenvalue weighted by atomic mass is 9.94. The molecule has 0 N–H and O–H groups in total. The van der Waals surface area contributed by atoms with E-state index in [1.807, 2.05) is 6.07 Å². The highest BCUT2D eigenvalue weighted by Crippen LogP contribution is 2.43. The van der Waals surface area contributed by atoms with Crippen LogP contribution in [-0.2, 0) is 0 Å². The van der Waals surface area contributed by atoms with E-state index in [4.69, 9.17) is 19.4 Å². The zero-order chi connectivity index (χ0) is 37.7. The van der Waals surface area contributed by atoms with Gasteiger partial charge in [0.1, 0.15) is 11.2 Å². The lowest BCUT2D eigenvalue weighted by Crippen LogP contribution is -2.01. The van der Waals surface area contributed by atoms with Gasteiger partial charge in [0.15, 0.2) is 17.5 Å². The van der Waals surface area contributed by atoms with Gasteiger partial charge in [-0.15, -0.1) is 0 Å². The first-order chi connectivity index (χ1) is 28.2. The van der Waals surface area contributed by atoms with Gasteiger partial charge in [-0.2, -0.15) is 0 Å². The quantitative estimate of drug-likeness (QED) is 0.171. The molecule has 0 aliphatic rings. The Morgan fingerprint density at radius 3 is 1.56 bits per heavy atom. The summed E-state index contributed by atoms with van der Waals surface area (Å²) in [5.41, 5.74) is 11.0. The van der Waals surface area contributed by atoms with Crippen LogP contribution in [-0.4, -0.2) is 15.0 Å². The first-order valence-electron chi connectivity index (χ1n) is 19.2. The van der Waals surface area contributed by atoms with Crippen LogP contribution < -0.4 is 0 Å². The maximum absolute atomic E-state index is 6.75. The number of fused-ring (bicyclic) bond motifs is 5. The van der Waals surface area contributed by atoms with Gasteiger partial charge in [0.25, 0.3) is 0 Å². The third-order valence-corrected chi connectivity index (χ3v) is 10.9. The Morgan fingerprint density at radius 1 is 0.298 bits per heavy atom. The molecule has 11 rings (SSSR count). The zero-order valence-corrected chi connectivity index (χ0v) is 30.8. The van der Waals surface area contributed by atoms with Crippen LogP contribution in [0.15, 0.2) is 205 Å². The molecule has 2 aromatic heterocycles. The van der Waals surface area contributed by atoms with Crippen LogP contribution in [0.2, 0.25) is 0 Å². The fourth-order valence-electron chi connectivity index (χ4n) is 8.09. The van der Waals surface area contributed by atoms with Gasteiger partial charge in [-0.05, 0) is 67.6 Å². The number of rotatable bonds is 6. The van der Waals surface area contributed by atoms with Crippen LogP contribution in [0.25, 0.3) is 111 Å². The molecule has 0 aliphatic heterocycles. The Hall–Kier alpha value is -7.69. The van der Waals surface area contributed by atoms with E-state index in [0.717, 1.165) is 77.4 Å².